The Balaban J connectivity index is 1.44. The average Bonchev–Trinajstić information content (AvgIpc) is 3.22. The maximum atomic E-state index is 5.99. The Morgan fingerprint density at radius 1 is 1.27 bits per heavy atom. The lowest BCUT2D eigenvalue weighted by molar-refractivity contribution is 0.0814. The Kier molecular flexibility index (Phi) is 5.10. The second kappa shape index (κ2) is 7.65. The first-order valence-electron chi connectivity index (χ1n) is 8.83. The third-order valence-corrected chi connectivity index (χ3v) is 5.64. The van der Waals surface area contributed by atoms with Gasteiger partial charge >= 0.3 is 0 Å². The van der Waals surface area contributed by atoms with E-state index < -0.39 is 0 Å². The van der Waals surface area contributed by atoms with Gasteiger partial charge in [0.05, 0.1) is 24.6 Å². The molecule has 4 heterocycles. The smallest absolute Gasteiger partial charge is 0.100 e. The van der Waals surface area contributed by atoms with Gasteiger partial charge < -0.3 is 4.74 Å². The first-order valence-corrected chi connectivity index (χ1v) is 9.64. The predicted molar refractivity (Wildman–Crippen MR) is 101 cm³/mol. The Morgan fingerprint density at radius 3 is 2.96 bits per heavy atom. The molecular formula is C19H23N5OS. The van der Waals surface area contributed by atoms with Crippen molar-refractivity contribution in [2.24, 2.45) is 7.05 Å². The highest BCUT2D eigenvalue weighted by Crippen LogP contribution is 2.29. The summed E-state index contributed by atoms with van der Waals surface area (Å²) in [5.74, 6) is 0.267. The summed E-state index contributed by atoms with van der Waals surface area (Å²) in [5, 5.41) is 8.61. The molecule has 0 spiro atoms. The summed E-state index contributed by atoms with van der Waals surface area (Å²) in [4.78, 5) is 9.51. The Morgan fingerprint density at radius 2 is 2.19 bits per heavy atom. The van der Waals surface area contributed by atoms with Gasteiger partial charge in [0, 0.05) is 48.6 Å². The van der Waals surface area contributed by atoms with E-state index in [1.807, 2.05) is 41.3 Å². The molecule has 0 radical (unpaired) electrons. The van der Waals surface area contributed by atoms with Crippen molar-refractivity contribution in [3.8, 4) is 0 Å². The highest BCUT2D eigenvalue weighted by molar-refractivity contribution is 7.11. The van der Waals surface area contributed by atoms with Crippen molar-refractivity contribution in [2.75, 3.05) is 13.2 Å². The molecule has 0 amide bonds. The lowest BCUT2D eigenvalue weighted by Crippen LogP contribution is -2.35. The van der Waals surface area contributed by atoms with E-state index in [9.17, 15) is 0 Å². The summed E-state index contributed by atoms with van der Waals surface area (Å²) in [5.41, 5.74) is 3.22. The zero-order valence-corrected chi connectivity index (χ0v) is 15.9. The maximum Gasteiger partial charge on any atom is 0.100 e. The molecule has 0 bridgehead atoms. The van der Waals surface area contributed by atoms with Gasteiger partial charge in [-0.25, -0.2) is 0 Å². The number of hydrogen-bond donors (Lipinski definition) is 0. The summed E-state index contributed by atoms with van der Waals surface area (Å²) in [6.45, 7) is 6.07. The van der Waals surface area contributed by atoms with Gasteiger partial charge in [-0.05, 0) is 31.2 Å². The summed E-state index contributed by atoms with van der Waals surface area (Å²) in [7, 11) is 1.97. The van der Waals surface area contributed by atoms with Gasteiger partial charge in [-0.2, -0.15) is 0 Å². The number of aryl methyl sites for hydroxylation is 2. The SMILES string of the molecule is Cc1ccc(CN2Cc3nnn(C)c3[C@H](COCc3ccccn3)C2)s1. The molecule has 1 atom stereocenters. The van der Waals surface area contributed by atoms with Crippen molar-refractivity contribution in [2.45, 2.75) is 32.5 Å². The standard InChI is InChI=1S/C19H23N5OS/c1-14-6-7-17(26-14)10-24-9-15(19-18(11-24)21-22-23(19)2)12-25-13-16-5-3-4-8-20-16/h3-8,15H,9-13H2,1-2H3/t15-/m0/s1. The number of fused-ring (bicyclic) bond motifs is 1. The molecule has 0 N–H and O–H groups in total. The number of pyridine rings is 1. The van der Waals surface area contributed by atoms with Crippen molar-refractivity contribution >= 4 is 11.3 Å². The molecule has 4 rings (SSSR count). The van der Waals surface area contributed by atoms with E-state index in [0.717, 1.165) is 31.0 Å². The maximum absolute atomic E-state index is 5.99. The van der Waals surface area contributed by atoms with Crippen molar-refractivity contribution < 1.29 is 4.74 Å². The molecule has 0 aromatic carbocycles. The molecule has 3 aromatic heterocycles. The van der Waals surface area contributed by atoms with E-state index in [0.29, 0.717) is 13.2 Å². The molecule has 0 saturated carbocycles. The lowest BCUT2D eigenvalue weighted by Gasteiger charge is -2.31. The van der Waals surface area contributed by atoms with Crippen LogP contribution in [-0.4, -0.2) is 38.0 Å². The van der Waals surface area contributed by atoms with Gasteiger partial charge in [0.15, 0.2) is 0 Å². The fraction of sp³-hybridized carbons (Fsp3) is 0.421. The quantitative estimate of drug-likeness (QED) is 0.669. The van der Waals surface area contributed by atoms with Crippen molar-refractivity contribution in [1.82, 2.24) is 24.9 Å². The molecule has 1 aliphatic rings. The topological polar surface area (TPSA) is 56.1 Å². The highest BCUT2D eigenvalue weighted by Gasteiger charge is 2.30. The number of hydrogen-bond acceptors (Lipinski definition) is 6. The van der Waals surface area contributed by atoms with Crippen LogP contribution in [0.4, 0.5) is 0 Å². The largest absolute Gasteiger partial charge is 0.374 e. The van der Waals surface area contributed by atoms with E-state index in [1.54, 1.807) is 6.20 Å². The van der Waals surface area contributed by atoms with Crippen LogP contribution in [0.1, 0.15) is 32.8 Å². The Hall–Kier alpha value is -2.09. The zero-order valence-electron chi connectivity index (χ0n) is 15.1. The van der Waals surface area contributed by atoms with E-state index >= 15 is 0 Å². The number of nitrogens with zero attached hydrogens (tertiary/aromatic N) is 5. The van der Waals surface area contributed by atoms with Crippen LogP contribution in [0.2, 0.25) is 0 Å². The first kappa shape index (κ1) is 17.3. The van der Waals surface area contributed by atoms with E-state index in [2.05, 4.69) is 39.3 Å². The van der Waals surface area contributed by atoms with Crippen LogP contribution in [0.5, 0.6) is 0 Å². The molecule has 0 aliphatic carbocycles. The van der Waals surface area contributed by atoms with Crippen LogP contribution in [-0.2, 0) is 31.5 Å². The fourth-order valence-corrected chi connectivity index (χ4v) is 4.46. The molecule has 3 aromatic rings. The van der Waals surface area contributed by atoms with Crippen molar-refractivity contribution in [3.05, 3.63) is 63.4 Å². The number of ether oxygens (including phenoxy) is 1. The summed E-state index contributed by atoms with van der Waals surface area (Å²) >= 11 is 1.86. The highest BCUT2D eigenvalue weighted by atomic mass is 32.1. The zero-order chi connectivity index (χ0) is 17.9. The van der Waals surface area contributed by atoms with Gasteiger partial charge in [-0.15, -0.1) is 16.4 Å². The van der Waals surface area contributed by atoms with Crippen LogP contribution in [0, 0.1) is 6.92 Å². The molecule has 0 saturated heterocycles. The second-order valence-electron chi connectivity index (χ2n) is 6.76. The summed E-state index contributed by atoms with van der Waals surface area (Å²) < 4.78 is 7.89. The molecule has 0 unspecified atom stereocenters. The van der Waals surface area contributed by atoms with Crippen LogP contribution in [0.25, 0.3) is 0 Å². The fourth-order valence-electron chi connectivity index (χ4n) is 3.53. The molecule has 26 heavy (non-hydrogen) atoms. The molecular weight excluding hydrogens is 346 g/mol. The minimum atomic E-state index is 0.267. The van der Waals surface area contributed by atoms with Gasteiger partial charge in [-0.3, -0.25) is 14.6 Å². The van der Waals surface area contributed by atoms with Crippen LogP contribution in [0.3, 0.4) is 0 Å². The minimum absolute atomic E-state index is 0.267. The van der Waals surface area contributed by atoms with Crippen molar-refractivity contribution in [3.63, 3.8) is 0 Å². The molecule has 6 nitrogen and oxygen atoms in total. The van der Waals surface area contributed by atoms with Gasteiger partial charge in [-0.1, -0.05) is 11.3 Å². The average molecular weight is 369 g/mol. The molecule has 0 fully saturated rings. The van der Waals surface area contributed by atoms with E-state index in [-0.39, 0.29) is 5.92 Å². The minimum Gasteiger partial charge on any atom is -0.374 e. The van der Waals surface area contributed by atoms with Crippen LogP contribution < -0.4 is 0 Å². The third-order valence-electron chi connectivity index (χ3n) is 4.65. The normalized spacial score (nSPS) is 17.4. The Labute approximate surface area is 157 Å². The van der Waals surface area contributed by atoms with Crippen LogP contribution in [0.15, 0.2) is 36.5 Å². The van der Waals surface area contributed by atoms with Gasteiger partial charge in [0.2, 0.25) is 0 Å². The lowest BCUT2D eigenvalue weighted by atomic mass is 9.99. The molecule has 1 aliphatic heterocycles. The summed E-state index contributed by atoms with van der Waals surface area (Å²) in [6.07, 6.45) is 1.80. The second-order valence-corrected chi connectivity index (χ2v) is 8.13. The van der Waals surface area contributed by atoms with E-state index in [1.165, 1.54) is 15.4 Å². The monoisotopic (exact) mass is 369 g/mol. The molecule has 136 valence electrons. The number of rotatable bonds is 6. The Bertz CT molecular complexity index is 860. The molecule has 7 heteroatoms. The third kappa shape index (κ3) is 3.85. The van der Waals surface area contributed by atoms with Crippen molar-refractivity contribution in [1.29, 1.82) is 0 Å². The number of thiophene rings is 1. The van der Waals surface area contributed by atoms with Gasteiger partial charge in [0.25, 0.3) is 0 Å². The van der Waals surface area contributed by atoms with Crippen LogP contribution >= 0.6 is 11.3 Å². The first-order chi connectivity index (χ1) is 12.7. The van der Waals surface area contributed by atoms with Gasteiger partial charge in [0.1, 0.15) is 5.69 Å². The predicted octanol–water partition coefficient (Wildman–Crippen LogP) is 2.90. The summed E-state index contributed by atoms with van der Waals surface area (Å²) in [6, 6.07) is 10.3. The van der Waals surface area contributed by atoms with E-state index in [4.69, 9.17) is 4.74 Å². The number of aromatic nitrogens is 4.